The van der Waals surface area contributed by atoms with Gasteiger partial charge in [-0.3, -0.25) is 4.79 Å². The van der Waals surface area contributed by atoms with Gasteiger partial charge in [-0.15, -0.1) is 0 Å². The molecule has 0 bridgehead atoms. The molecule has 5 heteroatoms. The Morgan fingerprint density at radius 1 is 1.31 bits per heavy atom. The van der Waals surface area contributed by atoms with E-state index >= 15 is 0 Å². The Labute approximate surface area is 94.1 Å². The molecule has 0 aliphatic carbocycles. The van der Waals surface area contributed by atoms with Gasteiger partial charge in [-0.05, 0) is 18.6 Å². The first kappa shape index (κ1) is 12.4. The Morgan fingerprint density at radius 2 is 1.88 bits per heavy atom. The molecule has 0 aromatic heterocycles. The molecule has 0 heterocycles. The zero-order valence-electron chi connectivity index (χ0n) is 8.70. The number of carbonyl (C=O) groups is 1. The van der Waals surface area contributed by atoms with E-state index in [0.29, 0.717) is 5.56 Å². The molecular formula is C11H12O4S. The van der Waals surface area contributed by atoms with Gasteiger partial charge in [0.05, 0.1) is 0 Å². The van der Waals surface area contributed by atoms with Gasteiger partial charge >= 0.3 is 5.97 Å². The number of benzene rings is 1. The molecule has 1 unspecified atom stereocenters. The smallest absolute Gasteiger partial charge is 0.321 e. The van der Waals surface area contributed by atoms with Crippen molar-refractivity contribution >= 4 is 21.9 Å². The molecule has 0 saturated carbocycles. The fourth-order valence-electron chi connectivity index (χ4n) is 0.996. The molecule has 1 rings (SSSR count). The minimum Gasteiger partial charge on any atom is -0.480 e. The maximum Gasteiger partial charge on any atom is 0.321 e. The summed E-state index contributed by atoms with van der Waals surface area (Å²) >= 11 is 0. The van der Waals surface area contributed by atoms with E-state index in [1.165, 1.54) is 6.08 Å². The van der Waals surface area contributed by atoms with Crippen molar-refractivity contribution in [3.05, 3.63) is 41.3 Å². The van der Waals surface area contributed by atoms with Gasteiger partial charge in [-0.25, -0.2) is 8.42 Å². The third kappa shape index (κ3) is 3.20. The number of rotatable bonds is 4. The molecular weight excluding hydrogens is 228 g/mol. The van der Waals surface area contributed by atoms with Gasteiger partial charge < -0.3 is 5.11 Å². The van der Waals surface area contributed by atoms with Gasteiger partial charge in [-0.2, -0.15) is 0 Å². The normalized spacial score (nSPS) is 13.8. The Bertz CT molecular complexity index is 488. The van der Waals surface area contributed by atoms with E-state index < -0.39 is 21.1 Å². The minimum atomic E-state index is -3.74. The SMILES string of the molecule is CC(C(=O)O)S(=O)(=O)/C=C\c1ccccc1. The molecule has 1 atom stereocenters. The third-order valence-corrected chi connectivity index (χ3v) is 3.79. The van der Waals surface area contributed by atoms with Crippen molar-refractivity contribution in [2.24, 2.45) is 0 Å². The molecule has 0 radical (unpaired) electrons. The van der Waals surface area contributed by atoms with Crippen LogP contribution in [0.1, 0.15) is 12.5 Å². The van der Waals surface area contributed by atoms with Gasteiger partial charge in [0.1, 0.15) is 0 Å². The van der Waals surface area contributed by atoms with E-state index in [4.69, 9.17) is 5.11 Å². The predicted octanol–water partition coefficient (Wildman–Crippen LogP) is 1.55. The van der Waals surface area contributed by atoms with Crippen molar-refractivity contribution in [2.75, 3.05) is 0 Å². The highest BCUT2D eigenvalue weighted by atomic mass is 32.2. The lowest BCUT2D eigenvalue weighted by Crippen LogP contribution is -2.24. The number of sulfone groups is 1. The third-order valence-electron chi connectivity index (χ3n) is 2.09. The maximum absolute atomic E-state index is 11.5. The summed E-state index contributed by atoms with van der Waals surface area (Å²) in [4.78, 5) is 10.5. The molecule has 0 saturated heterocycles. The van der Waals surface area contributed by atoms with E-state index in [0.717, 1.165) is 12.3 Å². The maximum atomic E-state index is 11.5. The Morgan fingerprint density at radius 3 is 2.38 bits per heavy atom. The fraction of sp³-hybridized carbons (Fsp3) is 0.182. The number of hydrogen-bond donors (Lipinski definition) is 1. The van der Waals surface area contributed by atoms with Crippen LogP contribution in [0.5, 0.6) is 0 Å². The van der Waals surface area contributed by atoms with Crippen LogP contribution in [0.3, 0.4) is 0 Å². The van der Waals surface area contributed by atoms with Crippen LogP contribution in [0.4, 0.5) is 0 Å². The lowest BCUT2D eigenvalue weighted by Gasteiger charge is -2.02. The summed E-state index contributed by atoms with van der Waals surface area (Å²) in [5.41, 5.74) is 0.712. The van der Waals surface area contributed by atoms with Crippen molar-refractivity contribution in [1.29, 1.82) is 0 Å². The number of carboxylic acid groups (broad SMARTS) is 1. The second kappa shape index (κ2) is 4.94. The lowest BCUT2D eigenvalue weighted by atomic mass is 10.2. The van der Waals surface area contributed by atoms with Crippen LogP contribution >= 0.6 is 0 Å². The van der Waals surface area contributed by atoms with Crippen molar-refractivity contribution in [3.8, 4) is 0 Å². The first-order valence-corrected chi connectivity index (χ1v) is 6.24. The Hall–Kier alpha value is -1.62. The summed E-state index contributed by atoms with van der Waals surface area (Å²) in [5.74, 6) is -1.35. The highest BCUT2D eigenvalue weighted by Gasteiger charge is 2.24. The lowest BCUT2D eigenvalue weighted by molar-refractivity contribution is -0.136. The van der Waals surface area contributed by atoms with E-state index in [-0.39, 0.29) is 0 Å². The van der Waals surface area contributed by atoms with Crippen molar-refractivity contribution < 1.29 is 18.3 Å². The number of hydrogen-bond acceptors (Lipinski definition) is 3. The topological polar surface area (TPSA) is 71.4 Å². The summed E-state index contributed by atoms with van der Waals surface area (Å²) < 4.78 is 23.0. The van der Waals surface area contributed by atoms with Gasteiger partial charge in [0.2, 0.25) is 0 Å². The Kier molecular flexibility index (Phi) is 3.84. The zero-order valence-corrected chi connectivity index (χ0v) is 9.52. The molecule has 0 aliphatic rings. The summed E-state index contributed by atoms with van der Waals surface area (Å²) in [5, 5.41) is 8.11. The second-order valence-corrected chi connectivity index (χ2v) is 5.44. The highest BCUT2D eigenvalue weighted by Crippen LogP contribution is 2.08. The van der Waals surface area contributed by atoms with E-state index in [2.05, 4.69) is 0 Å². The molecule has 0 aliphatic heterocycles. The average molecular weight is 240 g/mol. The fourth-order valence-corrected chi connectivity index (χ4v) is 1.86. The van der Waals surface area contributed by atoms with Crippen molar-refractivity contribution in [1.82, 2.24) is 0 Å². The first-order valence-electron chi connectivity index (χ1n) is 4.63. The van der Waals surface area contributed by atoms with E-state index in [1.54, 1.807) is 24.3 Å². The van der Waals surface area contributed by atoms with Crippen LogP contribution in [0.15, 0.2) is 35.7 Å². The molecule has 0 fully saturated rings. The standard InChI is InChI=1S/C11H12O4S/c1-9(11(12)13)16(14,15)8-7-10-5-3-2-4-6-10/h2-9H,1H3,(H,12,13)/b8-7-. The number of aliphatic carboxylic acids is 1. The van der Waals surface area contributed by atoms with Gasteiger partial charge in [0, 0.05) is 5.41 Å². The highest BCUT2D eigenvalue weighted by molar-refractivity contribution is 7.95. The molecule has 4 nitrogen and oxygen atoms in total. The van der Waals surface area contributed by atoms with Gasteiger partial charge in [0.25, 0.3) is 0 Å². The molecule has 1 N–H and O–H groups in total. The zero-order chi connectivity index (χ0) is 12.2. The molecule has 86 valence electrons. The van der Waals surface area contributed by atoms with Crippen LogP contribution in [0.2, 0.25) is 0 Å². The van der Waals surface area contributed by atoms with Crippen LogP contribution in [0, 0.1) is 0 Å². The minimum absolute atomic E-state index is 0.712. The van der Waals surface area contributed by atoms with Crippen molar-refractivity contribution in [3.63, 3.8) is 0 Å². The van der Waals surface area contributed by atoms with Crippen LogP contribution in [0.25, 0.3) is 6.08 Å². The van der Waals surface area contributed by atoms with Crippen LogP contribution in [-0.4, -0.2) is 24.7 Å². The van der Waals surface area contributed by atoms with E-state index in [9.17, 15) is 13.2 Å². The van der Waals surface area contributed by atoms with Crippen LogP contribution < -0.4 is 0 Å². The molecule has 0 spiro atoms. The molecule has 0 amide bonds. The van der Waals surface area contributed by atoms with Gasteiger partial charge in [0.15, 0.2) is 15.1 Å². The van der Waals surface area contributed by atoms with E-state index in [1.807, 2.05) is 6.07 Å². The second-order valence-electron chi connectivity index (χ2n) is 3.28. The monoisotopic (exact) mass is 240 g/mol. The summed E-state index contributed by atoms with van der Waals surface area (Å²) in [6.07, 6.45) is 1.38. The summed E-state index contributed by atoms with van der Waals surface area (Å²) in [6.45, 7) is 1.15. The predicted molar refractivity (Wildman–Crippen MR) is 61.5 cm³/mol. The quantitative estimate of drug-likeness (QED) is 0.866. The van der Waals surface area contributed by atoms with Crippen molar-refractivity contribution in [2.45, 2.75) is 12.2 Å². The number of carboxylic acids is 1. The van der Waals surface area contributed by atoms with Gasteiger partial charge in [-0.1, -0.05) is 30.3 Å². The molecule has 16 heavy (non-hydrogen) atoms. The average Bonchev–Trinajstić information content (AvgIpc) is 2.27. The molecule has 1 aromatic carbocycles. The van der Waals surface area contributed by atoms with Crippen LogP contribution in [-0.2, 0) is 14.6 Å². The molecule has 1 aromatic rings. The Balaban J connectivity index is 2.90. The summed E-state index contributed by atoms with van der Waals surface area (Å²) in [7, 11) is -3.74. The first-order chi connectivity index (χ1) is 7.43. The summed E-state index contributed by atoms with van der Waals surface area (Å²) in [6, 6.07) is 8.82. The largest absolute Gasteiger partial charge is 0.480 e.